The van der Waals surface area contributed by atoms with Gasteiger partial charge in [0.1, 0.15) is 5.69 Å². The van der Waals surface area contributed by atoms with Crippen LogP contribution in [0.25, 0.3) is 0 Å². The van der Waals surface area contributed by atoms with E-state index in [4.69, 9.17) is 9.88 Å². The second-order valence-corrected chi connectivity index (χ2v) is 6.24. The van der Waals surface area contributed by atoms with E-state index < -0.39 is 14.9 Å². The molecule has 0 saturated carbocycles. The number of hydrogen-bond acceptors (Lipinski definition) is 6. The Kier molecular flexibility index (Phi) is 6.06. The Morgan fingerprint density at radius 1 is 1.43 bits per heavy atom. The molecule has 1 rings (SSSR count). The molecule has 3 N–H and O–H groups in total. The summed E-state index contributed by atoms with van der Waals surface area (Å²) < 4.78 is 27.8. The number of nitro benzene ring substituents is 1. The smallest absolute Gasteiger partial charge is 0.293 e. The minimum atomic E-state index is -3.97. The van der Waals surface area contributed by atoms with Crippen molar-refractivity contribution in [1.82, 2.24) is 0 Å². The van der Waals surface area contributed by atoms with E-state index >= 15 is 0 Å². The van der Waals surface area contributed by atoms with Gasteiger partial charge in [0.15, 0.2) is 0 Å². The summed E-state index contributed by atoms with van der Waals surface area (Å²) >= 11 is 0. The number of nitrogens with zero attached hydrogens (tertiary/aromatic N) is 1. The summed E-state index contributed by atoms with van der Waals surface area (Å²) in [5.74, 6) is 0. The van der Waals surface area contributed by atoms with Gasteiger partial charge in [-0.25, -0.2) is 13.6 Å². The molecule has 0 amide bonds. The third-order valence-corrected chi connectivity index (χ3v) is 3.49. The average Bonchev–Trinajstić information content (AvgIpc) is 2.36. The number of nitrogens with one attached hydrogen (secondary N) is 1. The van der Waals surface area contributed by atoms with Crippen molar-refractivity contribution in [3.63, 3.8) is 0 Å². The SMILES string of the molecule is CC(C)OCCCNc1ccc(S(N)(=O)=O)cc1[N+](=O)[O-]. The first kappa shape index (κ1) is 17.3. The maximum Gasteiger partial charge on any atom is 0.293 e. The van der Waals surface area contributed by atoms with Gasteiger partial charge < -0.3 is 10.1 Å². The molecule has 0 unspecified atom stereocenters. The summed E-state index contributed by atoms with van der Waals surface area (Å²) in [5, 5.41) is 18.8. The highest BCUT2D eigenvalue weighted by Crippen LogP contribution is 2.27. The summed E-state index contributed by atoms with van der Waals surface area (Å²) in [7, 11) is -3.97. The highest BCUT2D eigenvalue weighted by molar-refractivity contribution is 7.89. The zero-order chi connectivity index (χ0) is 16.0. The maximum atomic E-state index is 11.2. The molecular formula is C12H19N3O5S. The fourth-order valence-electron chi connectivity index (χ4n) is 1.60. The lowest BCUT2D eigenvalue weighted by atomic mass is 10.2. The van der Waals surface area contributed by atoms with Gasteiger partial charge in [0.05, 0.1) is 15.9 Å². The van der Waals surface area contributed by atoms with Gasteiger partial charge in [0.2, 0.25) is 10.0 Å². The van der Waals surface area contributed by atoms with Crippen LogP contribution in [-0.2, 0) is 14.8 Å². The molecule has 118 valence electrons. The van der Waals surface area contributed by atoms with Crippen LogP contribution in [0.2, 0.25) is 0 Å². The predicted molar refractivity (Wildman–Crippen MR) is 78.7 cm³/mol. The summed E-state index contributed by atoms with van der Waals surface area (Å²) in [6, 6.07) is 3.51. The lowest BCUT2D eigenvalue weighted by Gasteiger charge is -2.10. The van der Waals surface area contributed by atoms with Gasteiger partial charge in [-0.05, 0) is 32.4 Å². The molecule has 0 bridgehead atoms. The third-order valence-electron chi connectivity index (χ3n) is 2.58. The molecule has 0 aliphatic rings. The zero-order valence-corrected chi connectivity index (χ0v) is 12.7. The second-order valence-electron chi connectivity index (χ2n) is 4.68. The molecule has 0 heterocycles. The summed E-state index contributed by atoms with van der Waals surface area (Å²) in [6.07, 6.45) is 0.806. The number of rotatable bonds is 8. The van der Waals surface area contributed by atoms with Crippen LogP contribution in [0, 0.1) is 10.1 Å². The topological polar surface area (TPSA) is 125 Å². The van der Waals surface area contributed by atoms with E-state index in [1.54, 1.807) is 0 Å². The monoisotopic (exact) mass is 317 g/mol. The van der Waals surface area contributed by atoms with Crippen molar-refractivity contribution in [2.45, 2.75) is 31.3 Å². The number of sulfonamides is 1. The van der Waals surface area contributed by atoms with Gasteiger partial charge in [-0.1, -0.05) is 0 Å². The Hall–Kier alpha value is -1.71. The normalized spacial score (nSPS) is 11.6. The first-order valence-corrected chi connectivity index (χ1v) is 7.93. The van der Waals surface area contributed by atoms with Crippen molar-refractivity contribution in [1.29, 1.82) is 0 Å². The minimum Gasteiger partial charge on any atom is -0.379 e. The van der Waals surface area contributed by atoms with Crippen molar-refractivity contribution in [2.75, 3.05) is 18.5 Å². The van der Waals surface area contributed by atoms with E-state index in [9.17, 15) is 18.5 Å². The fourth-order valence-corrected chi connectivity index (χ4v) is 2.14. The molecule has 0 spiro atoms. The first-order chi connectivity index (χ1) is 9.71. The Bertz CT molecular complexity index is 601. The second kappa shape index (κ2) is 7.34. The van der Waals surface area contributed by atoms with Crippen LogP contribution in [0.4, 0.5) is 11.4 Å². The first-order valence-electron chi connectivity index (χ1n) is 6.38. The maximum absolute atomic E-state index is 11.2. The molecule has 0 aliphatic heterocycles. The number of benzene rings is 1. The lowest BCUT2D eigenvalue weighted by molar-refractivity contribution is -0.384. The summed E-state index contributed by atoms with van der Waals surface area (Å²) in [5.41, 5.74) is -0.0803. The lowest BCUT2D eigenvalue weighted by Crippen LogP contribution is -2.13. The zero-order valence-electron chi connectivity index (χ0n) is 11.9. The van der Waals surface area contributed by atoms with E-state index in [-0.39, 0.29) is 22.4 Å². The minimum absolute atomic E-state index is 0.133. The van der Waals surface area contributed by atoms with E-state index in [2.05, 4.69) is 5.32 Å². The molecule has 9 heteroatoms. The van der Waals surface area contributed by atoms with Gasteiger partial charge in [-0.2, -0.15) is 0 Å². The molecule has 0 fully saturated rings. The molecule has 0 aliphatic carbocycles. The summed E-state index contributed by atoms with van der Waals surface area (Å²) in [6.45, 7) is 4.85. The molecule has 1 aromatic carbocycles. The predicted octanol–water partition coefficient (Wildman–Crippen LogP) is 1.47. The number of nitrogens with two attached hydrogens (primary N) is 1. The fraction of sp³-hybridized carbons (Fsp3) is 0.500. The molecule has 0 saturated heterocycles. The molecule has 0 radical (unpaired) electrons. The Morgan fingerprint density at radius 3 is 2.62 bits per heavy atom. The third kappa shape index (κ3) is 5.66. The summed E-state index contributed by atoms with van der Waals surface area (Å²) in [4.78, 5) is 10.0. The largest absolute Gasteiger partial charge is 0.379 e. The molecule has 21 heavy (non-hydrogen) atoms. The Labute approximate surface area is 123 Å². The van der Waals surface area contributed by atoms with Crippen molar-refractivity contribution < 1.29 is 18.1 Å². The van der Waals surface area contributed by atoms with Crippen LogP contribution in [0.15, 0.2) is 23.1 Å². The van der Waals surface area contributed by atoms with Crippen LogP contribution < -0.4 is 10.5 Å². The highest BCUT2D eigenvalue weighted by Gasteiger charge is 2.18. The van der Waals surface area contributed by atoms with Crippen molar-refractivity contribution in [3.05, 3.63) is 28.3 Å². The van der Waals surface area contributed by atoms with E-state index in [0.29, 0.717) is 19.6 Å². The van der Waals surface area contributed by atoms with E-state index in [0.717, 1.165) is 6.07 Å². The van der Waals surface area contributed by atoms with Gasteiger partial charge in [0.25, 0.3) is 5.69 Å². The number of primary sulfonamides is 1. The Morgan fingerprint density at radius 2 is 2.10 bits per heavy atom. The van der Waals surface area contributed by atoms with Gasteiger partial charge in [-0.15, -0.1) is 0 Å². The van der Waals surface area contributed by atoms with Crippen LogP contribution in [-0.4, -0.2) is 32.6 Å². The van der Waals surface area contributed by atoms with E-state index in [1.807, 2.05) is 13.8 Å². The van der Waals surface area contributed by atoms with Gasteiger partial charge in [-0.3, -0.25) is 10.1 Å². The van der Waals surface area contributed by atoms with Crippen LogP contribution >= 0.6 is 0 Å². The van der Waals surface area contributed by atoms with Crippen LogP contribution in [0.5, 0.6) is 0 Å². The molecular weight excluding hydrogens is 298 g/mol. The van der Waals surface area contributed by atoms with Gasteiger partial charge in [0, 0.05) is 19.2 Å². The van der Waals surface area contributed by atoms with Crippen molar-refractivity contribution >= 4 is 21.4 Å². The van der Waals surface area contributed by atoms with E-state index in [1.165, 1.54) is 12.1 Å². The van der Waals surface area contributed by atoms with Crippen molar-refractivity contribution in [2.24, 2.45) is 5.14 Å². The quantitative estimate of drug-likeness (QED) is 0.425. The molecule has 0 atom stereocenters. The number of anilines is 1. The number of nitro groups is 1. The number of ether oxygens (including phenoxy) is 1. The molecule has 1 aromatic rings. The average molecular weight is 317 g/mol. The van der Waals surface area contributed by atoms with Crippen LogP contribution in [0.3, 0.4) is 0 Å². The Balaban J connectivity index is 2.76. The standard InChI is InChI=1S/C12H19N3O5S/c1-9(2)20-7-3-6-14-11-5-4-10(21(13,18)19)8-12(11)15(16)17/h4-5,8-9,14H,3,6-7H2,1-2H3,(H2,13,18,19). The van der Waals surface area contributed by atoms with Crippen LogP contribution in [0.1, 0.15) is 20.3 Å². The van der Waals surface area contributed by atoms with Gasteiger partial charge >= 0.3 is 0 Å². The number of hydrogen-bond donors (Lipinski definition) is 2. The highest BCUT2D eigenvalue weighted by atomic mass is 32.2. The molecule has 0 aromatic heterocycles. The van der Waals surface area contributed by atoms with Crippen molar-refractivity contribution in [3.8, 4) is 0 Å². The molecule has 8 nitrogen and oxygen atoms in total.